The van der Waals surface area contributed by atoms with Crippen molar-refractivity contribution in [2.45, 2.75) is 32.6 Å². The van der Waals surface area contributed by atoms with Crippen molar-refractivity contribution in [3.05, 3.63) is 0 Å². The Kier molecular flexibility index (Phi) is 3.13. The number of hydrogen-bond donors (Lipinski definition) is 1. The van der Waals surface area contributed by atoms with Gasteiger partial charge in [0.25, 0.3) is 0 Å². The van der Waals surface area contributed by atoms with Gasteiger partial charge < -0.3 is 10.1 Å². The van der Waals surface area contributed by atoms with Gasteiger partial charge in [0.05, 0.1) is 6.61 Å². The minimum atomic E-state index is 0.777. The second-order valence-corrected chi connectivity index (χ2v) is 5.31. The largest absolute Gasteiger partial charge is 0.383 e. The van der Waals surface area contributed by atoms with Crippen LogP contribution in [-0.2, 0) is 4.74 Å². The van der Waals surface area contributed by atoms with Gasteiger partial charge in [0, 0.05) is 13.7 Å². The molecule has 3 atom stereocenters. The van der Waals surface area contributed by atoms with E-state index in [1.54, 1.807) is 7.11 Å². The number of methoxy groups -OCH3 is 1. The normalized spacial score (nSPS) is 40.7. The highest BCUT2D eigenvalue weighted by atomic mass is 16.5. The van der Waals surface area contributed by atoms with Crippen molar-refractivity contribution in [2.75, 3.05) is 26.8 Å². The summed E-state index contributed by atoms with van der Waals surface area (Å²) in [5.74, 6) is 1.96. The minimum absolute atomic E-state index is 0.777. The fourth-order valence-electron chi connectivity index (χ4n) is 3.16. The van der Waals surface area contributed by atoms with Crippen molar-refractivity contribution in [2.24, 2.45) is 17.3 Å². The molecule has 82 valence electrons. The smallest absolute Gasteiger partial charge is 0.0587 e. The standard InChI is InChI=1S/C12H23NO/c1-10-3-4-12(7-10)8-11(12)9-13-5-6-14-2/h10-11,13H,3-9H2,1-2H3. The third-order valence-electron chi connectivity index (χ3n) is 4.12. The van der Waals surface area contributed by atoms with Gasteiger partial charge in [-0.15, -0.1) is 0 Å². The zero-order valence-corrected chi connectivity index (χ0v) is 9.51. The maximum absolute atomic E-state index is 5.02. The number of nitrogens with one attached hydrogen (secondary N) is 1. The molecule has 2 rings (SSSR count). The summed E-state index contributed by atoms with van der Waals surface area (Å²) in [6, 6.07) is 0. The van der Waals surface area contributed by atoms with Crippen molar-refractivity contribution in [3.8, 4) is 0 Å². The summed E-state index contributed by atoms with van der Waals surface area (Å²) in [5, 5.41) is 3.49. The fraction of sp³-hybridized carbons (Fsp3) is 1.00. The quantitative estimate of drug-likeness (QED) is 0.681. The Bertz CT molecular complexity index is 195. The van der Waals surface area contributed by atoms with Crippen molar-refractivity contribution >= 4 is 0 Å². The highest BCUT2D eigenvalue weighted by molar-refractivity contribution is 5.06. The molecule has 0 aromatic rings. The van der Waals surface area contributed by atoms with Gasteiger partial charge in [0.1, 0.15) is 0 Å². The SMILES string of the molecule is COCCNCC1CC12CCC(C)C2. The molecule has 0 aromatic carbocycles. The molecule has 0 radical (unpaired) electrons. The average molecular weight is 197 g/mol. The molecule has 0 bridgehead atoms. The zero-order chi connectivity index (χ0) is 10.0. The molecule has 14 heavy (non-hydrogen) atoms. The van der Waals surface area contributed by atoms with E-state index in [9.17, 15) is 0 Å². The Morgan fingerprint density at radius 3 is 2.93 bits per heavy atom. The van der Waals surface area contributed by atoms with Crippen molar-refractivity contribution in [1.29, 1.82) is 0 Å². The third kappa shape index (κ3) is 2.12. The first kappa shape index (κ1) is 10.4. The van der Waals surface area contributed by atoms with Crippen LogP contribution in [0, 0.1) is 17.3 Å². The zero-order valence-electron chi connectivity index (χ0n) is 9.51. The van der Waals surface area contributed by atoms with Crippen LogP contribution in [0.15, 0.2) is 0 Å². The van der Waals surface area contributed by atoms with Crippen LogP contribution in [0.3, 0.4) is 0 Å². The molecule has 0 saturated heterocycles. The summed E-state index contributed by atoms with van der Waals surface area (Å²) in [5.41, 5.74) is 0.777. The van der Waals surface area contributed by atoms with Gasteiger partial charge in [-0.2, -0.15) is 0 Å². The maximum atomic E-state index is 5.02. The van der Waals surface area contributed by atoms with Crippen LogP contribution in [0.5, 0.6) is 0 Å². The lowest BCUT2D eigenvalue weighted by atomic mass is 10.0. The van der Waals surface area contributed by atoms with Crippen molar-refractivity contribution < 1.29 is 4.74 Å². The van der Waals surface area contributed by atoms with Gasteiger partial charge in [-0.25, -0.2) is 0 Å². The molecule has 0 aliphatic heterocycles. The Morgan fingerprint density at radius 2 is 2.29 bits per heavy atom. The Morgan fingerprint density at radius 1 is 1.43 bits per heavy atom. The average Bonchev–Trinajstić information content (AvgIpc) is 2.69. The molecule has 2 nitrogen and oxygen atoms in total. The van der Waals surface area contributed by atoms with E-state index in [0.717, 1.165) is 30.4 Å². The first-order valence-electron chi connectivity index (χ1n) is 5.96. The van der Waals surface area contributed by atoms with E-state index in [2.05, 4.69) is 12.2 Å². The lowest BCUT2D eigenvalue weighted by Crippen LogP contribution is -2.23. The summed E-state index contributed by atoms with van der Waals surface area (Å²) in [6.07, 6.45) is 5.93. The van der Waals surface area contributed by atoms with Gasteiger partial charge in [0.15, 0.2) is 0 Å². The Labute approximate surface area is 87.4 Å². The van der Waals surface area contributed by atoms with Gasteiger partial charge in [-0.05, 0) is 43.1 Å². The summed E-state index contributed by atoms with van der Waals surface area (Å²) in [4.78, 5) is 0. The summed E-state index contributed by atoms with van der Waals surface area (Å²) in [7, 11) is 1.76. The van der Waals surface area contributed by atoms with Gasteiger partial charge >= 0.3 is 0 Å². The van der Waals surface area contributed by atoms with Crippen LogP contribution in [0.1, 0.15) is 32.6 Å². The Hall–Kier alpha value is -0.0800. The predicted octanol–water partition coefficient (Wildman–Crippen LogP) is 2.05. The summed E-state index contributed by atoms with van der Waals surface area (Å²) in [6.45, 7) is 5.48. The minimum Gasteiger partial charge on any atom is -0.383 e. The van der Waals surface area contributed by atoms with E-state index in [0.29, 0.717) is 0 Å². The molecular formula is C12H23NO. The Balaban J connectivity index is 1.62. The second kappa shape index (κ2) is 4.19. The van der Waals surface area contributed by atoms with Crippen LogP contribution in [0.2, 0.25) is 0 Å². The molecule has 3 unspecified atom stereocenters. The summed E-state index contributed by atoms with van der Waals surface area (Å²) < 4.78 is 5.02. The van der Waals surface area contributed by atoms with Crippen LogP contribution in [0.4, 0.5) is 0 Å². The first-order chi connectivity index (χ1) is 6.77. The monoisotopic (exact) mass is 197 g/mol. The number of ether oxygens (including phenoxy) is 1. The van der Waals surface area contributed by atoms with E-state index in [4.69, 9.17) is 4.74 Å². The second-order valence-electron chi connectivity index (χ2n) is 5.31. The molecule has 0 heterocycles. The lowest BCUT2D eigenvalue weighted by molar-refractivity contribution is 0.198. The fourth-order valence-corrected chi connectivity index (χ4v) is 3.16. The van der Waals surface area contributed by atoms with Crippen LogP contribution in [-0.4, -0.2) is 26.8 Å². The highest BCUT2D eigenvalue weighted by Crippen LogP contribution is 2.63. The van der Waals surface area contributed by atoms with Gasteiger partial charge in [0.2, 0.25) is 0 Å². The topological polar surface area (TPSA) is 21.3 Å². The molecule has 1 spiro atoms. The van der Waals surface area contributed by atoms with Crippen LogP contribution < -0.4 is 5.32 Å². The molecule has 2 aliphatic rings. The van der Waals surface area contributed by atoms with E-state index in [1.165, 1.54) is 32.2 Å². The van der Waals surface area contributed by atoms with E-state index in [-0.39, 0.29) is 0 Å². The van der Waals surface area contributed by atoms with Crippen LogP contribution in [0.25, 0.3) is 0 Å². The molecule has 2 heteroatoms. The van der Waals surface area contributed by atoms with Gasteiger partial charge in [-0.3, -0.25) is 0 Å². The van der Waals surface area contributed by atoms with Crippen molar-refractivity contribution in [3.63, 3.8) is 0 Å². The molecule has 0 amide bonds. The molecule has 1 N–H and O–H groups in total. The van der Waals surface area contributed by atoms with E-state index < -0.39 is 0 Å². The molecule has 2 aliphatic carbocycles. The summed E-state index contributed by atoms with van der Waals surface area (Å²) >= 11 is 0. The lowest BCUT2D eigenvalue weighted by Gasteiger charge is -2.09. The molecule has 2 fully saturated rings. The van der Waals surface area contributed by atoms with Gasteiger partial charge in [-0.1, -0.05) is 13.3 Å². The van der Waals surface area contributed by atoms with Crippen molar-refractivity contribution in [1.82, 2.24) is 5.32 Å². The van der Waals surface area contributed by atoms with Crippen LogP contribution >= 0.6 is 0 Å². The molecule has 2 saturated carbocycles. The molecule has 0 aromatic heterocycles. The number of rotatable bonds is 5. The predicted molar refractivity (Wildman–Crippen MR) is 58.3 cm³/mol. The first-order valence-corrected chi connectivity index (χ1v) is 5.96. The molecular weight excluding hydrogens is 174 g/mol. The van der Waals surface area contributed by atoms with E-state index in [1.807, 2.05) is 0 Å². The van der Waals surface area contributed by atoms with E-state index >= 15 is 0 Å². The highest BCUT2D eigenvalue weighted by Gasteiger charge is 2.55. The third-order valence-corrected chi connectivity index (χ3v) is 4.12. The maximum Gasteiger partial charge on any atom is 0.0587 e. The number of hydrogen-bond acceptors (Lipinski definition) is 2.